The molecule has 0 aromatic heterocycles. The summed E-state index contributed by atoms with van der Waals surface area (Å²) < 4.78 is 0. The van der Waals surface area contributed by atoms with Gasteiger partial charge in [-0.3, -0.25) is 19.3 Å². The first kappa shape index (κ1) is 19.2. The Kier molecular flexibility index (Phi) is 5.60. The van der Waals surface area contributed by atoms with Gasteiger partial charge in [0.15, 0.2) is 0 Å². The van der Waals surface area contributed by atoms with E-state index in [2.05, 4.69) is 5.32 Å². The Morgan fingerprint density at radius 2 is 1.55 bits per heavy atom. The zero-order valence-corrected chi connectivity index (χ0v) is 16.3. The first-order valence-electron chi connectivity index (χ1n) is 10.2. The third-order valence-corrected chi connectivity index (χ3v) is 5.63. The Bertz CT molecular complexity index is 879. The van der Waals surface area contributed by atoms with E-state index in [-0.39, 0.29) is 17.7 Å². The van der Waals surface area contributed by atoms with Gasteiger partial charge in [-0.25, -0.2) is 0 Å². The van der Waals surface area contributed by atoms with Crippen molar-refractivity contribution in [2.45, 2.75) is 37.8 Å². The predicted octanol–water partition coefficient (Wildman–Crippen LogP) is 2.66. The van der Waals surface area contributed by atoms with Crippen molar-refractivity contribution < 1.29 is 14.4 Å². The van der Waals surface area contributed by atoms with E-state index in [0.717, 1.165) is 31.5 Å². The van der Waals surface area contributed by atoms with Crippen LogP contribution in [0.25, 0.3) is 0 Å². The van der Waals surface area contributed by atoms with E-state index >= 15 is 0 Å². The maximum Gasteiger partial charge on any atom is 0.249 e. The predicted molar refractivity (Wildman–Crippen MR) is 110 cm³/mol. The molecule has 150 valence electrons. The Morgan fingerprint density at radius 1 is 0.931 bits per heavy atom. The van der Waals surface area contributed by atoms with Gasteiger partial charge < -0.3 is 10.2 Å². The maximum atomic E-state index is 13.2. The van der Waals surface area contributed by atoms with Crippen LogP contribution in [-0.4, -0.2) is 41.8 Å². The summed E-state index contributed by atoms with van der Waals surface area (Å²) in [6.07, 6.45) is 2.74. The van der Waals surface area contributed by atoms with E-state index in [9.17, 15) is 14.4 Å². The third kappa shape index (κ3) is 4.01. The molecule has 6 heteroatoms. The van der Waals surface area contributed by atoms with Crippen molar-refractivity contribution in [1.82, 2.24) is 10.2 Å². The first-order chi connectivity index (χ1) is 14.1. The minimum atomic E-state index is -0.741. The minimum absolute atomic E-state index is 0.0709. The normalized spacial score (nSPS) is 20.0. The molecule has 2 aromatic rings. The highest BCUT2D eigenvalue weighted by molar-refractivity contribution is 6.04. The largest absolute Gasteiger partial charge is 0.341 e. The van der Waals surface area contributed by atoms with E-state index < -0.39 is 12.1 Å². The molecular formula is C23H25N3O3. The third-order valence-electron chi connectivity index (χ3n) is 5.63. The van der Waals surface area contributed by atoms with Crippen molar-refractivity contribution >= 4 is 23.4 Å². The topological polar surface area (TPSA) is 69.7 Å². The molecule has 2 aromatic carbocycles. The smallest absolute Gasteiger partial charge is 0.249 e. The van der Waals surface area contributed by atoms with Gasteiger partial charge in [0.05, 0.1) is 0 Å². The Labute approximate surface area is 170 Å². The highest BCUT2D eigenvalue weighted by atomic mass is 16.2. The van der Waals surface area contributed by atoms with Crippen molar-refractivity contribution in [2.75, 3.05) is 18.0 Å². The summed E-state index contributed by atoms with van der Waals surface area (Å²) in [4.78, 5) is 42.2. The number of benzene rings is 2. The summed E-state index contributed by atoms with van der Waals surface area (Å²) in [7, 11) is 0. The molecule has 0 radical (unpaired) electrons. The quantitative estimate of drug-likeness (QED) is 0.852. The molecule has 0 spiro atoms. The van der Waals surface area contributed by atoms with Gasteiger partial charge in [-0.2, -0.15) is 0 Å². The van der Waals surface area contributed by atoms with Gasteiger partial charge in [-0.1, -0.05) is 48.5 Å². The summed E-state index contributed by atoms with van der Waals surface area (Å²) in [5.41, 5.74) is 1.46. The lowest BCUT2D eigenvalue weighted by molar-refractivity contribution is -0.136. The summed E-state index contributed by atoms with van der Waals surface area (Å²) in [6, 6.07) is 17.2. The summed E-state index contributed by atoms with van der Waals surface area (Å²) in [6.45, 7) is 1.44. The molecule has 2 aliphatic rings. The van der Waals surface area contributed by atoms with Crippen LogP contribution < -0.4 is 10.2 Å². The molecule has 0 bridgehead atoms. The van der Waals surface area contributed by atoms with Crippen LogP contribution in [0.4, 0.5) is 5.69 Å². The number of hydrogen-bond acceptors (Lipinski definition) is 3. The van der Waals surface area contributed by atoms with Crippen LogP contribution in [0.1, 0.15) is 37.3 Å². The van der Waals surface area contributed by atoms with Crippen LogP contribution in [0.2, 0.25) is 0 Å². The van der Waals surface area contributed by atoms with Gasteiger partial charge in [0.2, 0.25) is 17.7 Å². The lowest BCUT2D eigenvalue weighted by Gasteiger charge is -2.28. The van der Waals surface area contributed by atoms with E-state index in [1.54, 1.807) is 4.90 Å². The van der Waals surface area contributed by atoms with Crippen LogP contribution in [0.5, 0.6) is 0 Å². The van der Waals surface area contributed by atoms with Crippen LogP contribution in [-0.2, 0) is 14.4 Å². The van der Waals surface area contributed by atoms with E-state index in [0.29, 0.717) is 18.5 Å². The summed E-state index contributed by atoms with van der Waals surface area (Å²) in [5, 5.41) is 2.95. The van der Waals surface area contributed by atoms with Crippen LogP contribution >= 0.6 is 0 Å². The number of carbonyl (C=O) groups is 3. The van der Waals surface area contributed by atoms with Gasteiger partial charge in [0, 0.05) is 25.2 Å². The molecule has 0 saturated carbocycles. The van der Waals surface area contributed by atoms with Gasteiger partial charge in [0.25, 0.3) is 0 Å². The van der Waals surface area contributed by atoms with Crippen molar-refractivity contribution in [3.8, 4) is 0 Å². The second-order valence-electron chi connectivity index (χ2n) is 7.54. The molecule has 1 N–H and O–H groups in total. The number of para-hydroxylation sites is 1. The molecule has 2 heterocycles. The lowest BCUT2D eigenvalue weighted by Crippen LogP contribution is -2.49. The lowest BCUT2D eigenvalue weighted by atomic mass is 10.0. The Hall–Kier alpha value is -3.15. The number of nitrogens with zero attached hydrogens (tertiary/aromatic N) is 2. The van der Waals surface area contributed by atoms with Gasteiger partial charge in [-0.15, -0.1) is 0 Å². The van der Waals surface area contributed by atoms with Crippen molar-refractivity contribution in [1.29, 1.82) is 0 Å². The molecule has 2 atom stereocenters. The average molecular weight is 391 g/mol. The molecule has 2 unspecified atom stereocenters. The van der Waals surface area contributed by atoms with Crippen LogP contribution in [0.3, 0.4) is 0 Å². The molecule has 6 nitrogen and oxygen atoms in total. The maximum absolute atomic E-state index is 13.2. The van der Waals surface area contributed by atoms with Crippen LogP contribution in [0.15, 0.2) is 60.7 Å². The van der Waals surface area contributed by atoms with Crippen molar-refractivity contribution in [3.05, 3.63) is 66.2 Å². The molecule has 0 aliphatic carbocycles. The zero-order valence-electron chi connectivity index (χ0n) is 16.3. The van der Waals surface area contributed by atoms with Crippen molar-refractivity contribution in [2.24, 2.45) is 0 Å². The number of amides is 3. The minimum Gasteiger partial charge on any atom is -0.341 e. The molecule has 4 rings (SSSR count). The zero-order chi connectivity index (χ0) is 20.2. The highest BCUT2D eigenvalue weighted by Gasteiger charge is 2.39. The molecule has 29 heavy (non-hydrogen) atoms. The molecule has 2 aliphatic heterocycles. The van der Waals surface area contributed by atoms with Crippen molar-refractivity contribution in [3.63, 3.8) is 0 Å². The number of rotatable bonds is 5. The number of anilines is 1. The fourth-order valence-corrected chi connectivity index (χ4v) is 4.14. The first-order valence-corrected chi connectivity index (χ1v) is 10.2. The average Bonchev–Trinajstić information content (AvgIpc) is 3.43. The molecular weight excluding hydrogens is 366 g/mol. The molecule has 2 fully saturated rings. The summed E-state index contributed by atoms with van der Waals surface area (Å²) >= 11 is 0. The van der Waals surface area contributed by atoms with E-state index in [1.165, 1.54) is 0 Å². The SMILES string of the molecule is O=C(NC(C(=O)N1CCCC1)c1ccccc1)C1CCC(=O)N1c1ccccc1. The highest BCUT2D eigenvalue weighted by Crippen LogP contribution is 2.28. The van der Waals surface area contributed by atoms with Gasteiger partial charge in [-0.05, 0) is 37.0 Å². The fraction of sp³-hybridized carbons (Fsp3) is 0.348. The van der Waals surface area contributed by atoms with Crippen LogP contribution in [0, 0.1) is 0 Å². The Morgan fingerprint density at radius 3 is 2.21 bits per heavy atom. The second-order valence-corrected chi connectivity index (χ2v) is 7.54. The second kappa shape index (κ2) is 8.47. The van der Waals surface area contributed by atoms with Gasteiger partial charge in [0.1, 0.15) is 12.1 Å². The van der Waals surface area contributed by atoms with E-state index in [4.69, 9.17) is 0 Å². The van der Waals surface area contributed by atoms with E-state index in [1.807, 2.05) is 65.6 Å². The molecule has 3 amide bonds. The van der Waals surface area contributed by atoms with Gasteiger partial charge >= 0.3 is 0 Å². The molecule has 2 saturated heterocycles. The standard InChI is InChI=1S/C23H25N3O3/c27-20-14-13-19(26(20)18-11-5-2-6-12-18)22(28)24-21(17-9-3-1-4-10-17)23(29)25-15-7-8-16-25/h1-6,9-12,19,21H,7-8,13-16H2,(H,24,28). The fourth-order valence-electron chi connectivity index (χ4n) is 4.14. The Balaban J connectivity index is 1.57. The number of nitrogens with one attached hydrogen (secondary N) is 1. The monoisotopic (exact) mass is 391 g/mol. The summed E-state index contributed by atoms with van der Waals surface area (Å²) in [5.74, 6) is -0.447. The number of hydrogen-bond donors (Lipinski definition) is 1. The number of likely N-dealkylation sites (tertiary alicyclic amines) is 1. The number of carbonyl (C=O) groups excluding carboxylic acids is 3.